The third kappa shape index (κ3) is 2.49. The van der Waals surface area contributed by atoms with Crippen molar-refractivity contribution in [3.05, 3.63) is 34.9 Å². The molecule has 0 heterocycles. The van der Waals surface area contributed by atoms with Gasteiger partial charge in [0.2, 0.25) is 0 Å². The Kier molecular flexibility index (Phi) is 3.37. The second kappa shape index (κ2) is 4.33. The molecule has 0 fully saturated rings. The maximum Gasteiger partial charge on any atom is 0.161 e. The minimum Gasteiger partial charge on any atom is -0.319 e. The van der Waals surface area contributed by atoms with Gasteiger partial charge in [-0.15, -0.1) is 0 Å². The number of likely N-dealkylation sites (N-methyl/N-ethyl adjacent to an activating group) is 1. The van der Waals surface area contributed by atoms with Crippen molar-refractivity contribution in [2.24, 2.45) is 0 Å². The van der Waals surface area contributed by atoms with Crippen LogP contribution in [0.1, 0.15) is 11.1 Å². The molecule has 0 aliphatic heterocycles. The molecule has 0 bridgehead atoms. The van der Waals surface area contributed by atoms with Crippen LogP contribution in [0.5, 0.6) is 0 Å². The van der Waals surface area contributed by atoms with E-state index in [1.54, 1.807) is 13.0 Å². The van der Waals surface area contributed by atoms with Crippen LogP contribution in [0.3, 0.4) is 0 Å². The lowest BCUT2D eigenvalue weighted by Crippen LogP contribution is -2.10. The van der Waals surface area contributed by atoms with E-state index in [4.69, 9.17) is 0 Å². The maximum atomic E-state index is 12.9. The normalized spacial score (nSPS) is 10.5. The molecule has 0 aromatic heterocycles. The van der Waals surface area contributed by atoms with Crippen molar-refractivity contribution in [3.63, 3.8) is 0 Å². The highest BCUT2D eigenvalue weighted by Crippen LogP contribution is 2.14. The van der Waals surface area contributed by atoms with E-state index in [-0.39, 0.29) is 0 Å². The van der Waals surface area contributed by atoms with Crippen LogP contribution in [-0.4, -0.2) is 13.6 Å². The van der Waals surface area contributed by atoms with Crippen LogP contribution in [0.15, 0.2) is 12.1 Å². The fourth-order valence-electron chi connectivity index (χ4n) is 1.21. The van der Waals surface area contributed by atoms with Crippen molar-refractivity contribution in [2.75, 3.05) is 13.6 Å². The number of rotatable bonds is 3. The van der Waals surface area contributed by atoms with Crippen molar-refractivity contribution >= 4 is 0 Å². The zero-order valence-corrected chi connectivity index (χ0v) is 7.82. The molecule has 0 radical (unpaired) electrons. The third-order valence-electron chi connectivity index (χ3n) is 1.93. The average Bonchev–Trinajstić information content (AvgIpc) is 2.10. The number of hydrogen-bond acceptors (Lipinski definition) is 1. The standard InChI is InChI=1S/C10H13F2N/c1-7-5-8(3-4-13-2)6-9(11)10(7)12/h5-6,13H,3-4H2,1-2H3. The molecule has 0 spiro atoms. The molecule has 1 aromatic rings. The molecule has 1 aromatic carbocycles. The number of nitrogens with one attached hydrogen (secondary N) is 1. The average molecular weight is 185 g/mol. The molecule has 13 heavy (non-hydrogen) atoms. The topological polar surface area (TPSA) is 12.0 Å². The van der Waals surface area contributed by atoms with Gasteiger partial charge in [-0.1, -0.05) is 6.07 Å². The van der Waals surface area contributed by atoms with Gasteiger partial charge < -0.3 is 5.32 Å². The number of halogens is 2. The van der Waals surface area contributed by atoms with E-state index in [0.717, 1.165) is 12.1 Å². The SMILES string of the molecule is CNCCc1cc(C)c(F)c(F)c1. The number of benzene rings is 1. The van der Waals surface area contributed by atoms with Gasteiger partial charge in [0.25, 0.3) is 0 Å². The number of aryl methyl sites for hydroxylation is 1. The minimum absolute atomic E-state index is 0.367. The summed E-state index contributed by atoms with van der Waals surface area (Å²) in [6.07, 6.45) is 0.717. The summed E-state index contributed by atoms with van der Waals surface area (Å²) in [6, 6.07) is 2.93. The molecular weight excluding hydrogens is 172 g/mol. The molecule has 3 heteroatoms. The quantitative estimate of drug-likeness (QED) is 0.759. The van der Waals surface area contributed by atoms with Gasteiger partial charge in [-0.25, -0.2) is 8.78 Å². The first kappa shape index (κ1) is 10.1. The van der Waals surface area contributed by atoms with Crippen molar-refractivity contribution < 1.29 is 8.78 Å². The number of hydrogen-bond donors (Lipinski definition) is 1. The molecule has 0 saturated heterocycles. The Hall–Kier alpha value is -0.960. The van der Waals surface area contributed by atoms with Gasteiger partial charge in [0.15, 0.2) is 11.6 Å². The predicted octanol–water partition coefficient (Wildman–Crippen LogP) is 2.04. The van der Waals surface area contributed by atoms with Gasteiger partial charge in [0.05, 0.1) is 0 Å². The van der Waals surface area contributed by atoms with E-state index >= 15 is 0 Å². The van der Waals surface area contributed by atoms with Gasteiger partial charge >= 0.3 is 0 Å². The Morgan fingerprint density at radius 1 is 1.31 bits per heavy atom. The fraction of sp³-hybridized carbons (Fsp3) is 0.400. The van der Waals surface area contributed by atoms with Crippen molar-refractivity contribution in [3.8, 4) is 0 Å². The van der Waals surface area contributed by atoms with Crippen molar-refractivity contribution in [1.82, 2.24) is 5.32 Å². The molecule has 0 aliphatic carbocycles. The summed E-state index contributed by atoms with van der Waals surface area (Å²) in [7, 11) is 1.83. The Labute approximate surface area is 76.8 Å². The molecule has 0 saturated carbocycles. The molecule has 1 N–H and O–H groups in total. The lowest BCUT2D eigenvalue weighted by molar-refractivity contribution is 0.501. The largest absolute Gasteiger partial charge is 0.319 e. The van der Waals surface area contributed by atoms with Crippen LogP contribution in [0.4, 0.5) is 8.78 Å². The summed E-state index contributed by atoms with van der Waals surface area (Å²) < 4.78 is 25.7. The van der Waals surface area contributed by atoms with Gasteiger partial charge in [-0.3, -0.25) is 0 Å². The fourth-order valence-corrected chi connectivity index (χ4v) is 1.21. The van der Waals surface area contributed by atoms with Crippen molar-refractivity contribution in [1.29, 1.82) is 0 Å². The van der Waals surface area contributed by atoms with Crippen molar-refractivity contribution in [2.45, 2.75) is 13.3 Å². The minimum atomic E-state index is -0.758. The Morgan fingerprint density at radius 2 is 2.00 bits per heavy atom. The predicted molar refractivity (Wildman–Crippen MR) is 48.7 cm³/mol. The van der Waals surface area contributed by atoms with Gasteiger partial charge in [0, 0.05) is 0 Å². The molecule has 72 valence electrons. The first-order valence-corrected chi connectivity index (χ1v) is 4.24. The first-order valence-electron chi connectivity index (χ1n) is 4.24. The summed E-state index contributed by atoms with van der Waals surface area (Å²) >= 11 is 0. The van der Waals surface area contributed by atoms with E-state index in [2.05, 4.69) is 5.32 Å². The highest BCUT2D eigenvalue weighted by atomic mass is 19.2. The summed E-state index contributed by atoms with van der Waals surface area (Å²) in [4.78, 5) is 0. The molecule has 1 nitrogen and oxygen atoms in total. The van der Waals surface area contributed by atoms with Crippen LogP contribution in [0.25, 0.3) is 0 Å². The molecule has 1 rings (SSSR count). The van der Waals surface area contributed by atoms with Crippen LogP contribution in [0.2, 0.25) is 0 Å². The summed E-state index contributed by atoms with van der Waals surface area (Å²) in [5.41, 5.74) is 1.19. The van der Waals surface area contributed by atoms with Gasteiger partial charge in [-0.05, 0) is 44.1 Å². The third-order valence-corrected chi connectivity index (χ3v) is 1.93. The second-order valence-corrected chi connectivity index (χ2v) is 3.06. The monoisotopic (exact) mass is 185 g/mol. The zero-order valence-electron chi connectivity index (χ0n) is 7.82. The summed E-state index contributed by atoms with van der Waals surface area (Å²) in [6.45, 7) is 2.34. The lowest BCUT2D eigenvalue weighted by atomic mass is 10.1. The van der Waals surface area contributed by atoms with Crippen LogP contribution in [0, 0.1) is 18.6 Å². The maximum absolute atomic E-state index is 12.9. The first-order chi connectivity index (χ1) is 6.15. The zero-order chi connectivity index (χ0) is 9.84. The van der Waals surface area contributed by atoms with Gasteiger partial charge in [0.1, 0.15) is 0 Å². The van der Waals surface area contributed by atoms with E-state index in [1.165, 1.54) is 6.07 Å². The molecule has 0 aliphatic rings. The Bertz CT molecular complexity index is 274. The lowest BCUT2D eigenvalue weighted by Gasteiger charge is -2.04. The van der Waals surface area contributed by atoms with E-state index < -0.39 is 11.6 Å². The Morgan fingerprint density at radius 3 is 2.54 bits per heavy atom. The highest BCUT2D eigenvalue weighted by molar-refractivity contribution is 5.25. The summed E-state index contributed by atoms with van der Waals surface area (Å²) in [5, 5.41) is 2.95. The van der Waals surface area contributed by atoms with E-state index in [0.29, 0.717) is 12.0 Å². The summed E-state index contributed by atoms with van der Waals surface area (Å²) in [5.74, 6) is -1.50. The Balaban J connectivity index is 2.86. The van der Waals surface area contributed by atoms with Gasteiger partial charge in [-0.2, -0.15) is 0 Å². The highest BCUT2D eigenvalue weighted by Gasteiger charge is 2.06. The molecule has 0 amide bonds. The van der Waals surface area contributed by atoms with Crippen LogP contribution >= 0.6 is 0 Å². The molecular formula is C10H13F2N. The second-order valence-electron chi connectivity index (χ2n) is 3.06. The van der Waals surface area contributed by atoms with Crippen LogP contribution < -0.4 is 5.32 Å². The van der Waals surface area contributed by atoms with E-state index in [1.807, 2.05) is 7.05 Å². The van der Waals surface area contributed by atoms with Crippen LogP contribution in [-0.2, 0) is 6.42 Å². The van der Waals surface area contributed by atoms with E-state index in [9.17, 15) is 8.78 Å². The smallest absolute Gasteiger partial charge is 0.161 e. The molecule has 0 unspecified atom stereocenters. The molecule has 0 atom stereocenters.